The Bertz CT molecular complexity index is 336. The number of ketones is 1. The van der Waals surface area contributed by atoms with Gasteiger partial charge in [-0.25, -0.2) is 0 Å². The first-order valence-electron chi connectivity index (χ1n) is 4.39. The second kappa shape index (κ2) is 5.52. The summed E-state index contributed by atoms with van der Waals surface area (Å²) >= 11 is 8.85. The lowest BCUT2D eigenvalue weighted by Crippen LogP contribution is -2.04. The van der Waals surface area contributed by atoms with Crippen molar-refractivity contribution in [3.8, 4) is 0 Å². The molecule has 0 spiro atoms. The number of aryl methyl sites for hydroxylation is 1. The maximum Gasteiger partial charge on any atom is 0.151 e. The Balaban J connectivity index is 2.81. The molecule has 0 unspecified atom stereocenters. The van der Waals surface area contributed by atoms with Crippen molar-refractivity contribution in [1.82, 2.24) is 0 Å². The molecule has 76 valence electrons. The molecule has 0 aromatic heterocycles. The molecule has 0 atom stereocenters. The number of rotatable bonds is 4. The van der Waals surface area contributed by atoms with E-state index in [1.165, 1.54) is 11.1 Å². The third kappa shape index (κ3) is 3.10. The molecule has 1 aromatic rings. The van der Waals surface area contributed by atoms with E-state index in [0.29, 0.717) is 6.42 Å². The second-order valence-corrected chi connectivity index (χ2v) is 4.07. The second-order valence-electron chi connectivity index (χ2n) is 3.24. The molecule has 1 aromatic carbocycles. The molecule has 1 nitrogen and oxygen atoms in total. The van der Waals surface area contributed by atoms with Crippen molar-refractivity contribution in [2.24, 2.45) is 0 Å². The number of benzene rings is 1. The number of Topliss-reactive ketones (excluding diaryl/α,β-unsaturated/α-hetero) is 1. The number of alkyl halides is 2. The van der Waals surface area contributed by atoms with Gasteiger partial charge < -0.3 is 0 Å². The molecule has 0 radical (unpaired) electrons. The zero-order valence-electron chi connectivity index (χ0n) is 8.02. The first-order valence-corrected chi connectivity index (χ1v) is 6.05. The number of halogens is 2. The van der Waals surface area contributed by atoms with Crippen LogP contribution in [-0.4, -0.2) is 11.7 Å². The minimum atomic E-state index is 0.0673. The van der Waals surface area contributed by atoms with Gasteiger partial charge in [0.05, 0.1) is 5.88 Å². The molecule has 0 N–H and O–H groups in total. The van der Waals surface area contributed by atoms with Gasteiger partial charge in [0.2, 0.25) is 0 Å². The maximum absolute atomic E-state index is 11.1. The van der Waals surface area contributed by atoms with Gasteiger partial charge in [-0.1, -0.05) is 34.1 Å². The molecule has 0 fully saturated rings. The highest BCUT2D eigenvalue weighted by Gasteiger charge is 2.03. The van der Waals surface area contributed by atoms with Crippen LogP contribution in [0.3, 0.4) is 0 Å². The van der Waals surface area contributed by atoms with E-state index in [4.69, 9.17) is 11.6 Å². The van der Waals surface area contributed by atoms with Crippen LogP contribution in [0.5, 0.6) is 0 Å². The summed E-state index contributed by atoms with van der Waals surface area (Å²) in [7, 11) is 0. The molecular formula is C11H12BrClO. The fraction of sp³-hybridized carbons (Fsp3) is 0.364. The molecule has 0 heterocycles. The average molecular weight is 276 g/mol. The Morgan fingerprint density at radius 1 is 1.50 bits per heavy atom. The monoisotopic (exact) mass is 274 g/mol. The van der Waals surface area contributed by atoms with Crippen LogP contribution in [0.25, 0.3) is 0 Å². The number of hydrogen-bond donors (Lipinski definition) is 0. The Hall–Kier alpha value is -0.340. The lowest BCUT2D eigenvalue weighted by molar-refractivity contribution is -0.116. The van der Waals surface area contributed by atoms with Crippen LogP contribution in [0.15, 0.2) is 18.2 Å². The van der Waals surface area contributed by atoms with Gasteiger partial charge in [0, 0.05) is 11.8 Å². The molecule has 0 aliphatic carbocycles. The lowest BCUT2D eigenvalue weighted by atomic mass is 10.0. The van der Waals surface area contributed by atoms with Crippen LogP contribution in [0.4, 0.5) is 0 Å². The topological polar surface area (TPSA) is 17.1 Å². The van der Waals surface area contributed by atoms with E-state index in [1.807, 2.05) is 25.1 Å². The van der Waals surface area contributed by atoms with Gasteiger partial charge in [-0.3, -0.25) is 4.79 Å². The quantitative estimate of drug-likeness (QED) is 0.771. The molecule has 0 saturated carbocycles. The molecule has 3 heteroatoms. The zero-order valence-corrected chi connectivity index (χ0v) is 10.4. The minimum Gasteiger partial charge on any atom is -0.298 e. The lowest BCUT2D eigenvalue weighted by Gasteiger charge is -2.04. The zero-order chi connectivity index (χ0) is 10.6. The standard InChI is InChI=1S/C11H12BrClO/c1-8-4-9(5-11(14)7-13)2-3-10(8)6-12/h2-4H,5-7H2,1H3. The number of carbonyl (C=O) groups excluding carboxylic acids is 1. The predicted molar refractivity (Wildman–Crippen MR) is 63.2 cm³/mol. The highest BCUT2D eigenvalue weighted by Crippen LogP contribution is 2.14. The molecule has 0 aliphatic rings. The first-order chi connectivity index (χ1) is 6.67. The summed E-state index contributed by atoms with van der Waals surface area (Å²) in [5, 5.41) is 0.850. The van der Waals surface area contributed by atoms with Crippen LogP contribution >= 0.6 is 27.5 Å². The highest BCUT2D eigenvalue weighted by molar-refractivity contribution is 9.08. The van der Waals surface area contributed by atoms with E-state index in [0.717, 1.165) is 10.9 Å². The van der Waals surface area contributed by atoms with Crippen molar-refractivity contribution in [3.63, 3.8) is 0 Å². The van der Waals surface area contributed by atoms with E-state index in [9.17, 15) is 4.79 Å². The van der Waals surface area contributed by atoms with Gasteiger partial charge in [0.15, 0.2) is 5.78 Å². The SMILES string of the molecule is Cc1cc(CC(=O)CCl)ccc1CBr. The molecule has 0 amide bonds. The summed E-state index contributed by atoms with van der Waals surface area (Å²) in [6, 6.07) is 6.07. The summed E-state index contributed by atoms with van der Waals surface area (Å²) < 4.78 is 0. The fourth-order valence-corrected chi connectivity index (χ4v) is 2.02. The van der Waals surface area contributed by atoms with Crippen LogP contribution in [-0.2, 0) is 16.5 Å². The van der Waals surface area contributed by atoms with Crippen molar-refractivity contribution in [3.05, 3.63) is 34.9 Å². The normalized spacial score (nSPS) is 10.2. The van der Waals surface area contributed by atoms with Crippen molar-refractivity contribution < 1.29 is 4.79 Å². The smallest absolute Gasteiger partial charge is 0.151 e. The molecule has 0 bridgehead atoms. The van der Waals surface area contributed by atoms with Gasteiger partial charge in [0.25, 0.3) is 0 Å². The highest BCUT2D eigenvalue weighted by atomic mass is 79.9. The van der Waals surface area contributed by atoms with Gasteiger partial charge in [-0.05, 0) is 23.6 Å². The van der Waals surface area contributed by atoms with E-state index in [-0.39, 0.29) is 11.7 Å². The maximum atomic E-state index is 11.1. The minimum absolute atomic E-state index is 0.0673. The van der Waals surface area contributed by atoms with Gasteiger partial charge >= 0.3 is 0 Å². The number of hydrogen-bond acceptors (Lipinski definition) is 1. The summed E-state index contributed by atoms with van der Waals surface area (Å²) in [5.74, 6) is 0.164. The Labute approximate surface area is 97.6 Å². The first kappa shape index (κ1) is 11.7. The van der Waals surface area contributed by atoms with Gasteiger partial charge in [-0.2, -0.15) is 0 Å². The van der Waals surface area contributed by atoms with Crippen molar-refractivity contribution in [1.29, 1.82) is 0 Å². The summed E-state index contributed by atoms with van der Waals surface area (Å²) in [6.07, 6.45) is 0.437. The predicted octanol–water partition coefficient (Wildman–Crippen LogP) is 3.24. The van der Waals surface area contributed by atoms with Gasteiger partial charge in [0.1, 0.15) is 0 Å². The molecule has 0 saturated heterocycles. The third-order valence-corrected chi connectivity index (χ3v) is 3.00. The van der Waals surface area contributed by atoms with Crippen molar-refractivity contribution >= 4 is 33.3 Å². The van der Waals surface area contributed by atoms with Gasteiger partial charge in [-0.15, -0.1) is 11.6 Å². The van der Waals surface area contributed by atoms with Crippen LogP contribution in [0, 0.1) is 6.92 Å². The van der Waals surface area contributed by atoms with Crippen molar-refractivity contribution in [2.75, 3.05) is 5.88 Å². The van der Waals surface area contributed by atoms with Crippen LogP contribution in [0.2, 0.25) is 0 Å². The van der Waals surface area contributed by atoms with E-state index in [1.54, 1.807) is 0 Å². The largest absolute Gasteiger partial charge is 0.298 e. The molecule has 1 rings (SSSR count). The van der Waals surface area contributed by atoms with Crippen molar-refractivity contribution in [2.45, 2.75) is 18.7 Å². The Morgan fingerprint density at radius 2 is 2.21 bits per heavy atom. The Kier molecular flexibility index (Phi) is 4.63. The van der Waals surface area contributed by atoms with Crippen LogP contribution < -0.4 is 0 Å². The fourth-order valence-electron chi connectivity index (χ4n) is 1.29. The Morgan fingerprint density at radius 3 is 2.71 bits per heavy atom. The van der Waals surface area contributed by atoms with E-state index in [2.05, 4.69) is 15.9 Å². The number of carbonyl (C=O) groups is 1. The third-order valence-electron chi connectivity index (χ3n) is 2.10. The van der Waals surface area contributed by atoms with E-state index < -0.39 is 0 Å². The van der Waals surface area contributed by atoms with Crippen LogP contribution in [0.1, 0.15) is 16.7 Å². The summed E-state index contributed by atoms with van der Waals surface area (Å²) in [6.45, 7) is 2.05. The molecule has 0 aliphatic heterocycles. The summed E-state index contributed by atoms with van der Waals surface area (Å²) in [4.78, 5) is 11.1. The molecular weight excluding hydrogens is 263 g/mol. The summed E-state index contributed by atoms with van der Waals surface area (Å²) in [5.41, 5.74) is 3.51. The van der Waals surface area contributed by atoms with E-state index >= 15 is 0 Å². The average Bonchev–Trinajstić information content (AvgIpc) is 2.18. The molecule has 14 heavy (non-hydrogen) atoms.